The maximum Gasteiger partial charge on any atom is 0.0435 e. The van der Waals surface area contributed by atoms with E-state index in [4.69, 9.17) is 11.6 Å². The number of rotatable bonds is 2. The van der Waals surface area contributed by atoms with E-state index in [9.17, 15) is 0 Å². The third-order valence-electron chi connectivity index (χ3n) is 3.27. The lowest BCUT2D eigenvalue weighted by Crippen LogP contribution is -2.38. The lowest BCUT2D eigenvalue weighted by molar-refractivity contribution is 0.412. The van der Waals surface area contributed by atoms with Gasteiger partial charge in [-0.3, -0.25) is 0 Å². The van der Waals surface area contributed by atoms with Crippen molar-refractivity contribution in [2.45, 2.75) is 38.6 Å². The predicted octanol–water partition coefficient (Wildman–Crippen LogP) is 3.33. The highest BCUT2D eigenvalue weighted by Gasteiger charge is 2.27. The molecule has 1 atom stereocenters. The van der Waals surface area contributed by atoms with E-state index in [1.54, 1.807) is 0 Å². The molecule has 1 aromatic carbocycles. The van der Waals surface area contributed by atoms with Gasteiger partial charge < -0.3 is 5.32 Å². The Balaban J connectivity index is 2.13. The van der Waals surface area contributed by atoms with Crippen LogP contribution in [0.15, 0.2) is 18.2 Å². The Morgan fingerprint density at radius 2 is 2.27 bits per heavy atom. The van der Waals surface area contributed by atoms with E-state index in [0.29, 0.717) is 5.54 Å². The Kier molecular flexibility index (Phi) is 3.03. The normalized spacial score (nSPS) is 25.8. The fraction of sp³-hybridized carbons (Fsp3) is 0.538. The monoisotopic (exact) mass is 223 g/mol. The molecule has 0 aliphatic carbocycles. The van der Waals surface area contributed by atoms with Crippen molar-refractivity contribution in [3.63, 3.8) is 0 Å². The minimum atomic E-state index is 0.292. The van der Waals surface area contributed by atoms with Crippen molar-refractivity contribution >= 4 is 11.6 Å². The van der Waals surface area contributed by atoms with Crippen LogP contribution in [0.1, 0.15) is 30.9 Å². The summed E-state index contributed by atoms with van der Waals surface area (Å²) in [6.45, 7) is 5.53. The number of benzene rings is 1. The molecule has 2 rings (SSSR count). The molecule has 1 aromatic rings. The maximum absolute atomic E-state index is 6.02. The molecule has 1 unspecified atom stereocenters. The highest BCUT2D eigenvalue weighted by molar-refractivity contribution is 6.31. The molecule has 1 heterocycles. The van der Waals surface area contributed by atoms with Gasteiger partial charge in [-0.25, -0.2) is 0 Å². The van der Waals surface area contributed by atoms with Crippen LogP contribution in [0.5, 0.6) is 0 Å². The van der Waals surface area contributed by atoms with Crippen LogP contribution in [0.25, 0.3) is 0 Å². The van der Waals surface area contributed by atoms with Gasteiger partial charge >= 0.3 is 0 Å². The number of halogens is 1. The van der Waals surface area contributed by atoms with Gasteiger partial charge in [0.25, 0.3) is 0 Å². The van der Waals surface area contributed by atoms with Gasteiger partial charge in [0.2, 0.25) is 0 Å². The molecule has 0 spiro atoms. The lowest BCUT2D eigenvalue weighted by Gasteiger charge is -2.24. The molecule has 1 aliphatic rings. The predicted molar refractivity (Wildman–Crippen MR) is 65.5 cm³/mol. The summed E-state index contributed by atoms with van der Waals surface area (Å²) < 4.78 is 0. The first-order valence-electron chi connectivity index (χ1n) is 5.59. The van der Waals surface area contributed by atoms with Gasteiger partial charge in [0.1, 0.15) is 0 Å². The number of nitrogens with one attached hydrogen (secondary N) is 1. The highest BCUT2D eigenvalue weighted by Crippen LogP contribution is 2.25. The second-order valence-electron chi connectivity index (χ2n) is 4.85. The van der Waals surface area contributed by atoms with E-state index in [1.165, 1.54) is 24.0 Å². The van der Waals surface area contributed by atoms with Crippen molar-refractivity contribution in [1.29, 1.82) is 0 Å². The molecule has 0 aromatic heterocycles. The fourth-order valence-corrected chi connectivity index (χ4v) is 2.49. The number of hydrogen-bond donors (Lipinski definition) is 1. The molecule has 0 radical (unpaired) electrons. The molecule has 2 heteroatoms. The standard InChI is InChI=1S/C13H18ClN/c1-10-8-11(4-5-12(10)14)9-13(2)6-3-7-15-13/h4-5,8,15H,3,6-7,9H2,1-2H3. The average molecular weight is 224 g/mol. The van der Waals surface area contributed by atoms with Gasteiger partial charge in [-0.15, -0.1) is 0 Å². The Morgan fingerprint density at radius 1 is 1.47 bits per heavy atom. The first kappa shape index (κ1) is 11.0. The molecule has 82 valence electrons. The maximum atomic E-state index is 6.02. The summed E-state index contributed by atoms with van der Waals surface area (Å²) in [6.07, 6.45) is 3.67. The van der Waals surface area contributed by atoms with E-state index in [2.05, 4.69) is 31.3 Å². The Hall–Kier alpha value is -0.530. The molecule has 1 nitrogen and oxygen atoms in total. The topological polar surface area (TPSA) is 12.0 Å². The zero-order valence-electron chi connectivity index (χ0n) is 9.44. The van der Waals surface area contributed by atoms with Crippen LogP contribution >= 0.6 is 11.6 Å². The summed E-state index contributed by atoms with van der Waals surface area (Å²) in [5.41, 5.74) is 2.85. The zero-order chi connectivity index (χ0) is 10.9. The van der Waals surface area contributed by atoms with Crippen molar-refractivity contribution in [3.8, 4) is 0 Å². The van der Waals surface area contributed by atoms with Gasteiger partial charge in [0.15, 0.2) is 0 Å². The average Bonchev–Trinajstić information content (AvgIpc) is 2.59. The number of aryl methyl sites for hydroxylation is 1. The van der Waals surface area contributed by atoms with E-state index in [-0.39, 0.29) is 0 Å². The highest BCUT2D eigenvalue weighted by atomic mass is 35.5. The van der Waals surface area contributed by atoms with E-state index >= 15 is 0 Å². The summed E-state index contributed by atoms with van der Waals surface area (Å²) >= 11 is 6.02. The van der Waals surface area contributed by atoms with Gasteiger partial charge in [-0.2, -0.15) is 0 Å². The Bertz CT molecular complexity index is 354. The van der Waals surface area contributed by atoms with Crippen molar-refractivity contribution in [2.75, 3.05) is 6.54 Å². The van der Waals surface area contributed by atoms with Crippen LogP contribution in [-0.2, 0) is 6.42 Å². The molecule has 0 amide bonds. The van der Waals surface area contributed by atoms with Gasteiger partial charge in [-0.1, -0.05) is 23.7 Å². The molecule has 0 bridgehead atoms. The minimum Gasteiger partial charge on any atom is -0.311 e. The van der Waals surface area contributed by atoms with Crippen molar-refractivity contribution in [3.05, 3.63) is 34.3 Å². The molecule has 0 saturated carbocycles. The summed E-state index contributed by atoms with van der Waals surface area (Å²) in [7, 11) is 0. The molecule has 15 heavy (non-hydrogen) atoms. The van der Waals surface area contributed by atoms with Crippen LogP contribution in [0.2, 0.25) is 5.02 Å². The first-order chi connectivity index (χ1) is 7.09. The van der Waals surface area contributed by atoms with Crippen molar-refractivity contribution < 1.29 is 0 Å². The van der Waals surface area contributed by atoms with Crippen molar-refractivity contribution in [1.82, 2.24) is 5.32 Å². The first-order valence-corrected chi connectivity index (χ1v) is 5.97. The van der Waals surface area contributed by atoms with Crippen molar-refractivity contribution in [2.24, 2.45) is 0 Å². The molecule has 1 aliphatic heterocycles. The molecule has 1 N–H and O–H groups in total. The molecular formula is C13H18ClN. The van der Waals surface area contributed by atoms with E-state index in [0.717, 1.165) is 18.0 Å². The van der Waals surface area contributed by atoms with Gasteiger partial charge in [0, 0.05) is 10.6 Å². The van der Waals surface area contributed by atoms with Crippen LogP contribution in [0, 0.1) is 6.92 Å². The summed E-state index contributed by atoms with van der Waals surface area (Å²) in [6, 6.07) is 6.35. The van der Waals surface area contributed by atoms with Gasteiger partial charge in [-0.05, 0) is 56.8 Å². The van der Waals surface area contributed by atoms with E-state index in [1.807, 2.05) is 6.07 Å². The lowest BCUT2D eigenvalue weighted by atomic mass is 9.91. The smallest absolute Gasteiger partial charge is 0.0435 e. The molecule has 1 fully saturated rings. The number of hydrogen-bond acceptors (Lipinski definition) is 1. The summed E-state index contributed by atoms with van der Waals surface area (Å²) in [5, 5.41) is 4.45. The second kappa shape index (κ2) is 4.15. The molecule has 1 saturated heterocycles. The van der Waals surface area contributed by atoms with Crippen LogP contribution in [0.3, 0.4) is 0 Å². The minimum absolute atomic E-state index is 0.292. The SMILES string of the molecule is Cc1cc(CC2(C)CCCN2)ccc1Cl. The third kappa shape index (κ3) is 2.53. The fourth-order valence-electron chi connectivity index (χ4n) is 2.38. The Morgan fingerprint density at radius 3 is 2.87 bits per heavy atom. The summed E-state index contributed by atoms with van der Waals surface area (Å²) in [5.74, 6) is 0. The molecular weight excluding hydrogens is 206 g/mol. The van der Waals surface area contributed by atoms with Crippen LogP contribution in [-0.4, -0.2) is 12.1 Å². The second-order valence-corrected chi connectivity index (χ2v) is 5.26. The summed E-state index contributed by atoms with van der Waals surface area (Å²) in [4.78, 5) is 0. The van der Waals surface area contributed by atoms with E-state index < -0.39 is 0 Å². The largest absolute Gasteiger partial charge is 0.311 e. The van der Waals surface area contributed by atoms with Crippen LogP contribution < -0.4 is 5.32 Å². The van der Waals surface area contributed by atoms with Gasteiger partial charge in [0.05, 0.1) is 0 Å². The zero-order valence-corrected chi connectivity index (χ0v) is 10.2. The Labute approximate surface area is 96.8 Å². The quantitative estimate of drug-likeness (QED) is 0.811. The third-order valence-corrected chi connectivity index (χ3v) is 3.70. The van der Waals surface area contributed by atoms with Crippen LogP contribution in [0.4, 0.5) is 0 Å².